The van der Waals surface area contributed by atoms with Gasteiger partial charge in [-0.1, -0.05) is 90.1 Å². The number of carbonyl (C=O) groups is 2. The molecule has 2 amide bonds. The van der Waals surface area contributed by atoms with Crippen LogP contribution in [0.5, 0.6) is 11.5 Å². The first-order valence-corrected chi connectivity index (χ1v) is 18.6. The molecular weight excluding hydrogens is 697 g/mol. The number of hydrogen-bond acceptors (Lipinski definition) is 6. The van der Waals surface area contributed by atoms with Crippen molar-refractivity contribution in [2.45, 2.75) is 62.6 Å². The molecule has 1 N–H and O–H groups in total. The Labute approximate surface area is 304 Å². The maximum atomic E-state index is 14.9. The van der Waals surface area contributed by atoms with Gasteiger partial charge in [0, 0.05) is 40.7 Å². The van der Waals surface area contributed by atoms with Crippen LogP contribution in [0.25, 0.3) is 0 Å². The van der Waals surface area contributed by atoms with Crippen molar-refractivity contribution in [1.29, 1.82) is 0 Å². The Morgan fingerprint density at radius 2 is 1.54 bits per heavy atom. The highest BCUT2D eigenvalue weighted by atomic mass is 35.5. The van der Waals surface area contributed by atoms with Crippen LogP contribution in [0, 0.1) is 6.92 Å². The number of methoxy groups -OCH3 is 2. The molecule has 5 rings (SSSR count). The molecule has 50 heavy (non-hydrogen) atoms. The second kappa shape index (κ2) is 16.6. The maximum Gasteiger partial charge on any atom is 0.264 e. The lowest BCUT2D eigenvalue weighted by molar-refractivity contribution is -0.140. The summed E-state index contributed by atoms with van der Waals surface area (Å²) >= 11 is 13.3. The fraction of sp³-hybridized carbons (Fsp3) is 0.316. The minimum Gasteiger partial charge on any atom is -0.497 e. The van der Waals surface area contributed by atoms with Gasteiger partial charge in [-0.15, -0.1) is 0 Å². The minimum atomic E-state index is -4.37. The van der Waals surface area contributed by atoms with Crippen molar-refractivity contribution in [3.63, 3.8) is 0 Å². The zero-order chi connectivity index (χ0) is 35.8. The Morgan fingerprint density at radius 1 is 0.880 bits per heavy atom. The van der Waals surface area contributed by atoms with Gasteiger partial charge < -0.3 is 19.7 Å². The zero-order valence-electron chi connectivity index (χ0n) is 28.3. The Balaban J connectivity index is 1.64. The van der Waals surface area contributed by atoms with Crippen LogP contribution in [0.3, 0.4) is 0 Å². The summed E-state index contributed by atoms with van der Waals surface area (Å²) in [4.78, 5) is 30.5. The number of hydrogen-bond donors (Lipinski definition) is 1. The number of amides is 2. The van der Waals surface area contributed by atoms with Crippen LogP contribution in [-0.4, -0.2) is 58.0 Å². The van der Waals surface area contributed by atoms with Gasteiger partial charge in [0.05, 0.1) is 24.8 Å². The van der Waals surface area contributed by atoms with Crippen LogP contribution < -0.4 is 19.1 Å². The van der Waals surface area contributed by atoms with Crippen LogP contribution in [0.15, 0.2) is 95.9 Å². The summed E-state index contributed by atoms with van der Waals surface area (Å²) < 4.78 is 41.0. The molecule has 1 aliphatic carbocycles. The van der Waals surface area contributed by atoms with Gasteiger partial charge in [-0.3, -0.25) is 13.9 Å². The second-order valence-corrected chi connectivity index (χ2v) is 15.0. The van der Waals surface area contributed by atoms with Crippen LogP contribution in [0.4, 0.5) is 5.69 Å². The zero-order valence-corrected chi connectivity index (χ0v) is 30.6. The average Bonchev–Trinajstić information content (AvgIpc) is 3.63. The van der Waals surface area contributed by atoms with E-state index in [4.69, 9.17) is 32.7 Å². The summed E-state index contributed by atoms with van der Waals surface area (Å²) in [6, 6.07) is 24.4. The average molecular weight is 739 g/mol. The molecular formula is C38H41Cl2N3O6S. The third kappa shape index (κ3) is 8.72. The molecule has 1 aliphatic rings. The van der Waals surface area contributed by atoms with Gasteiger partial charge in [-0.25, -0.2) is 8.42 Å². The smallest absolute Gasteiger partial charge is 0.264 e. The predicted molar refractivity (Wildman–Crippen MR) is 197 cm³/mol. The van der Waals surface area contributed by atoms with Gasteiger partial charge in [-0.05, 0) is 61.7 Å². The van der Waals surface area contributed by atoms with Crippen LogP contribution in [0.1, 0.15) is 42.4 Å². The first kappa shape index (κ1) is 37.0. The van der Waals surface area contributed by atoms with Crippen LogP contribution >= 0.6 is 23.2 Å². The number of halogens is 2. The molecule has 4 aromatic rings. The molecule has 1 saturated carbocycles. The van der Waals surface area contributed by atoms with E-state index in [1.807, 2.05) is 37.3 Å². The highest BCUT2D eigenvalue weighted by molar-refractivity contribution is 7.92. The molecule has 1 fully saturated rings. The largest absolute Gasteiger partial charge is 0.497 e. The molecule has 0 heterocycles. The summed E-state index contributed by atoms with van der Waals surface area (Å²) in [5.74, 6) is -0.432. The Hall–Kier alpha value is -4.25. The highest BCUT2D eigenvalue weighted by Crippen LogP contribution is 2.36. The summed E-state index contributed by atoms with van der Waals surface area (Å²) in [6.45, 7) is 1.02. The van der Waals surface area contributed by atoms with E-state index in [9.17, 15) is 18.0 Å². The number of sulfonamides is 1. The molecule has 0 aromatic heterocycles. The summed E-state index contributed by atoms with van der Waals surface area (Å²) in [5.41, 5.74) is 2.21. The Bertz CT molecular complexity index is 1880. The second-order valence-electron chi connectivity index (χ2n) is 12.3. The molecule has 4 aromatic carbocycles. The van der Waals surface area contributed by atoms with Crippen molar-refractivity contribution in [1.82, 2.24) is 10.2 Å². The molecule has 0 aliphatic heterocycles. The Kier molecular flexibility index (Phi) is 12.3. The maximum absolute atomic E-state index is 14.9. The van der Waals surface area contributed by atoms with Gasteiger partial charge in [0.25, 0.3) is 10.0 Å². The molecule has 1 atom stereocenters. The fourth-order valence-corrected chi connectivity index (χ4v) is 8.05. The number of ether oxygens (including phenoxy) is 2. The number of rotatable bonds is 14. The first-order chi connectivity index (χ1) is 24.0. The third-order valence-electron chi connectivity index (χ3n) is 8.91. The van der Waals surface area contributed by atoms with E-state index < -0.39 is 28.5 Å². The molecule has 0 bridgehead atoms. The van der Waals surface area contributed by atoms with Gasteiger partial charge in [0.1, 0.15) is 24.1 Å². The van der Waals surface area contributed by atoms with Crippen molar-refractivity contribution < 1.29 is 27.5 Å². The number of aryl methyl sites for hydroxylation is 1. The molecule has 0 radical (unpaired) electrons. The van der Waals surface area contributed by atoms with Gasteiger partial charge in [0.2, 0.25) is 11.8 Å². The van der Waals surface area contributed by atoms with Gasteiger partial charge in [-0.2, -0.15) is 0 Å². The topological polar surface area (TPSA) is 105 Å². The number of benzene rings is 4. The van der Waals surface area contributed by atoms with E-state index in [1.54, 1.807) is 42.5 Å². The van der Waals surface area contributed by atoms with E-state index in [1.165, 1.54) is 37.3 Å². The predicted octanol–water partition coefficient (Wildman–Crippen LogP) is 7.21. The standard InChI is InChI=1S/C38H41Cl2N3O6S/c1-26-16-19-30(20-17-26)50(46,47)43(34-23-29(48-2)18-21-36(34)49-3)25-37(44)42(24-31-32(39)14-9-15-33(31)40)35(22-27-10-5-4-6-11-27)38(45)41-28-12-7-8-13-28/h4-6,9-11,14-21,23,28,35H,7-8,12-13,22,24-25H2,1-3H3,(H,41,45)/t35-/m1/s1. The number of nitrogens with one attached hydrogen (secondary N) is 1. The van der Waals surface area contributed by atoms with Gasteiger partial charge >= 0.3 is 0 Å². The first-order valence-electron chi connectivity index (χ1n) is 16.4. The van der Waals surface area contributed by atoms with E-state index in [0.717, 1.165) is 41.1 Å². The lowest BCUT2D eigenvalue weighted by atomic mass is 10.0. The third-order valence-corrected chi connectivity index (χ3v) is 11.4. The van der Waals surface area contributed by atoms with E-state index in [-0.39, 0.29) is 41.2 Å². The molecule has 12 heteroatoms. The molecule has 264 valence electrons. The normalized spacial score (nSPS) is 13.8. The van der Waals surface area contributed by atoms with E-state index in [2.05, 4.69) is 5.32 Å². The SMILES string of the molecule is COc1ccc(OC)c(N(CC(=O)N(Cc2c(Cl)cccc2Cl)[C@H](Cc2ccccc2)C(=O)NC2CCCC2)S(=O)(=O)c2ccc(C)cc2)c1. The number of anilines is 1. The van der Waals surface area contributed by atoms with E-state index in [0.29, 0.717) is 21.4 Å². The molecule has 0 unspecified atom stereocenters. The summed E-state index contributed by atoms with van der Waals surface area (Å²) in [7, 11) is -1.50. The fourth-order valence-electron chi connectivity index (χ4n) is 6.12. The van der Waals surface area contributed by atoms with Crippen molar-refractivity contribution >= 4 is 50.7 Å². The Morgan fingerprint density at radius 3 is 2.16 bits per heavy atom. The summed E-state index contributed by atoms with van der Waals surface area (Å²) in [5, 5.41) is 3.78. The lowest BCUT2D eigenvalue weighted by Gasteiger charge is -2.35. The lowest BCUT2D eigenvalue weighted by Crippen LogP contribution is -2.54. The molecule has 0 spiro atoms. The summed E-state index contributed by atoms with van der Waals surface area (Å²) in [6.07, 6.45) is 3.85. The minimum absolute atomic E-state index is 0.0266. The van der Waals surface area contributed by atoms with Crippen LogP contribution in [-0.2, 0) is 32.6 Å². The van der Waals surface area contributed by atoms with Gasteiger partial charge in [0.15, 0.2) is 0 Å². The highest BCUT2D eigenvalue weighted by Gasteiger charge is 2.37. The van der Waals surface area contributed by atoms with Crippen molar-refractivity contribution in [3.05, 3.63) is 118 Å². The van der Waals surface area contributed by atoms with Crippen molar-refractivity contribution in [3.8, 4) is 11.5 Å². The monoisotopic (exact) mass is 737 g/mol. The van der Waals surface area contributed by atoms with Crippen molar-refractivity contribution in [2.24, 2.45) is 0 Å². The van der Waals surface area contributed by atoms with Crippen molar-refractivity contribution in [2.75, 3.05) is 25.1 Å². The number of nitrogens with zero attached hydrogens (tertiary/aromatic N) is 2. The molecule has 9 nitrogen and oxygen atoms in total. The number of carbonyl (C=O) groups excluding carboxylic acids is 2. The van der Waals surface area contributed by atoms with Crippen LogP contribution in [0.2, 0.25) is 10.0 Å². The molecule has 0 saturated heterocycles. The van der Waals surface area contributed by atoms with E-state index >= 15 is 0 Å². The quantitative estimate of drug-likeness (QED) is 0.147.